The number of halogens is 3. The highest BCUT2D eigenvalue weighted by molar-refractivity contribution is 6.17. The van der Waals surface area contributed by atoms with Gasteiger partial charge in [-0.15, -0.1) is 0 Å². The van der Waals surface area contributed by atoms with E-state index in [-0.39, 0.29) is 29.3 Å². The predicted octanol–water partition coefficient (Wildman–Crippen LogP) is 5.00. The molecule has 4 nitrogen and oxygen atoms in total. The highest BCUT2D eigenvalue weighted by atomic mass is 19.3. The molecular formula is C20H19F3O4. The minimum absolute atomic E-state index is 0.235. The van der Waals surface area contributed by atoms with Gasteiger partial charge in [0.05, 0.1) is 13.3 Å². The van der Waals surface area contributed by atoms with Crippen LogP contribution in [0, 0.1) is 0 Å². The summed E-state index contributed by atoms with van der Waals surface area (Å²) in [7, 11) is 0. The van der Waals surface area contributed by atoms with Gasteiger partial charge in [-0.05, 0) is 42.7 Å². The fourth-order valence-electron chi connectivity index (χ4n) is 2.31. The van der Waals surface area contributed by atoms with Gasteiger partial charge in [0.25, 0.3) is 0 Å². The van der Waals surface area contributed by atoms with E-state index in [1.807, 2.05) is 0 Å². The summed E-state index contributed by atoms with van der Waals surface area (Å²) in [4.78, 5) is 15.1. The lowest BCUT2D eigenvalue weighted by Crippen LogP contribution is -2.11. The highest BCUT2D eigenvalue weighted by Crippen LogP contribution is 2.26. The zero-order valence-corrected chi connectivity index (χ0v) is 14.5. The van der Waals surface area contributed by atoms with Crippen molar-refractivity contribution < 1.29 is 32.5 Å². The standard InChI is InChI=1S/C20H19F3O4/c21-12-4-5-13-25-16-8-10-17(11-9-16)26-18(14-22)19(20(24)27-23)15-6-2-1-3-7-15/h1-3,6-11H,4-5,12-14H2. The molecule has 144 valence electrons. The lowest BCUT2D eigenvalue weighted by Gasteiger charge is -2.13. The molecule has 0 atom stereocenters. The van der Waals surface area contributed by atoms with Gasteiger partial charge in [0, 0.05) is 4.53 Å². The minimum atomic E-state index is -1.35. The molecule has 7 heteroatoms. The van der Waals surface area contributed by atoms with Gasteiger partial charge in [-0.1, -0.05) is 30.3 Å². The Morgan fingerprint density at radius 2 is 1.56 bits per heavy atom. The number of unbranched alkanes of at least 4 members (excludes halogenated alkanes) is 1. The van der Waals surface area contributed by atoms with E-state index in [0.29, 0.717) is 25.2 Å². The Morgan fingerprint density at radius 3 is 2.15 bits per heavy atom. The van der Waals surface area contributed by atoms with Crippen molar-refractivity contribution in [2.75, 3.05) is 20.0 Å². The molecule has 0 amide bonds. The van der Waals surface area contributed by atoms with E-state index in [4.69, 9.17) is 9.47 Å². The summed E-state index contributed by atoms with van der Waals surface area (Å²) in [6, 6.07) is 14.2. The van der Waals surface area contributed by atoms with E-state index in [9.17, 15) is 18.1 Å². The fourth-order valence-corrected chi connectivity index (χ4v) is 2.31. The van der Waals surface area contributed by atoms with E-state index < -0.39 is 12.6 Å². The van der Waals surface area contributed by atoms with Crippen LogP contribution in [0.3, 0.4) is 0 Å². The molecule has 27 heavy (non-hydrogen) atoms. The first-order valence-corrected chi connectivity index (χ1v) is 8.33. The molecular weight excluding hydrogens is 361 g/mol. The Balaban J connectivity index is 2.18. The maximum absolute atomic E-state index is 13.5. The van der Waals surface area contributed by atoms with Crippen molar-refractivity contribution in [1.82, 2.24) is 0 Å². The molecule has 0 unspecified atom stereocenters. The van der Waals surface area contributed by atoms with Crippen LogP contribution in [0.4, 0.5) is 13.3 Å². The topological polar surface area (TPSA) is 44.8 Å². The average Bonchev–Trinajstić information content (AvgIpc) is 2.72. The van der Waals surface area contributed by atoms with Crippen molar-refractivity contribution >= 4 is 11.5 Å². The van der Waals surface area contributed by atoms with Crippen LogP contribution in [0.5, 0.6) is 11.5 Å². The molecule has 0 N–H and O–H groups in total. The normalized spacial score (nSPS) is 11.5. The number of benzene rings is 2. The van der Waals surface area contributed by atoms with E-state index in [1.165, 1.54) is 24.3 Å². The molecule has 0 aliphatic carbocycles. The average molecular weight is 380 g/mol. The number of hydrogen-bond donors (Lipinski definition) is 0. The maximum atomic E-state index is 13.5. The van der Waals surface area contributed by atoms with Gasteiger partial charge in [-0.25, -0.2) is 14.1 Å². The van der Waals surface area contributed by atoms with Gasteiger partial charge in [-0.3, -0.25) is 4.39 Å². The van der Waals surface area contributed by atoms with Crippen molar-refractivity contribution in [1.29, 1.82) is 0 Å². The molecule has 0 bridgehead atoms. The zero-order valence-electron chi connectivity index (χ0n) is 14.5. The second kappa shape index (κ2) is 10.9. The first kappa shape index (κ1) is 20.4. The van der Waals surface area contributed by atoms with Crippen molar-refractivity contribution in [3.8, 4) is 11.5 Å². The van der Waals surface area contributed by atoms with Crippen LogP contribution in [-0.4, -0.2) is 25.9 Å². The summed E-state index contributed by atoms with van der Waals surface area (Å²) in [5.74, 6) is -0.945. The first-order chi connectivity index (χ1) is 13.2. The highest BCUT2D eigenvalue weighted by Gasteiger charge is 2.22. The van der Waals surface area contributed by atoms with Crippen LogP contribution in [0.1, 0.15) is 18.4 Å². The Hall–Kier alpha value is -2.96. The Kier molecular flexibility index (Phi) is 8.22. The molecule has 2 aromatic carbocycles. The monoisotopic (exact) mass is 380 g/mol. The number of allylic oxidation sites excluding steroid dienone is 1. The summed E-state index contributed by atoms with van der Waals surface area (Å²) in [5.41, 5.74) is -0.0761. The van der Waals surface area contributed by atoms with Gasteiger partial charge in [0.15, 0.2) is 5.76 Å². The summed E-state index contributed by atoms with van der Waals surface area (Å²) >= 11 is 0. The molecule has 0 radical (unpaired) electrons. The molecule has 2 aromatic rings. The lowest BCUT2D eigenvalue weighted by atomic mass is 10.1. The minimum Gasteiger partial charge on any atom is -0.494 e. The predicted molar refractivity (Wildman–Crippen MR) is 94.3 cm³/mol. The summed E-state index contributed by atoms with van der Waals surface area (Å²) < 4.78 is 48.9. The second-order valence-electron chi connectivity index (χ2n) is 5.48. The van der Waals surface area contributed by atoms with Crippen molar-refractivity contribution in [3.63, 3.8) is 0 Å². The van der Waals surface area contributed by atoms with E-state index in [1.54, 1.807) is 30.3 Å². The van der Waals surface area contributed by atoms with Gasteiger partial charge in [0.1, 0.15) is 23.7 Å². The Bertz CT molecular complexity index is 746. The van der Waals surface area contributed by atoms with E-state index in [0.717, 1.165) is 0 Å². The van der Waals surface area contributed by atoms with Crippen LogP contribution >= 0.6 is 0 Å². The van der Waals surface area contributed by atoms with Crippen molar-refractivity contribution in [2.24, 2.45) is 0 Å². The van der Waals surface area contributed by atoms with E-state index >= 15 is 0 Å². The fraction of sp³-hybridized carbons (Fsp3) is 0.250. The quantitative estimate of drug-likeness (QED) is 0.330. The summed E-state index contributed by atoms with van der Waals surface area (Å²) in [5, 5.41) is 0. The third kappa shape index (κ3) is 6.06. The van der Waals surface area contributed by atoms with Gasteiger partial charge < -0.3 is 9.47 Å². The molecule has 0 aliphatic heterocycles. The van der Waals surface area contributed by atoms with Gasteiger partial charge in [-0.2, -0.15) is 0 Å². The molecule has 0 aliphatic rings. The SMILES string of the molecule is O=C(OF)C(=C(CF)Oc1ccc(OCCCCF)cc1)c1ccccc1. The van der Waals surface area contributed by atoms with Gasteiger partial charge >= 0.3 is 5.97 Å². The summed E-state index contributed by atoms with van der Waals surface area (Å²) in [6.45, 7) is -1.15. The molecule has 2 rings (SSSR count). The number of alkyl halides is 2. The van der Waals surface area contributed by atoms with Crippen LogP contribution in [0.25, 0.3) is 5.57 Å². The molecule has 0 heterocycles. The third-order valence-electron chi connectivity index (χ3n) is 3.60. The smallest absolute Gasteiger partial charge is 0.383 e. The number of hydrogen-bond acceptors (Lipinski definition) is 4. The third-order valence-corrected chi connectivity index (χ3v) is 3.60. The van der Waals surface area contributed by atoms with E-state index in [2.05, 4.69) is 4.94 Å². The number of carbonyl (C=O) groups excluding carboxylic acids is 1. The summed E-state index contributed by atoms with van der Waals surface area (Å²) in [6.07, 6.45) is 1.02. The number of ether oxygens (including phenoxy) is 2. The molecule has 0 spiro atoms. The molecule has 0 fully saturated rings. The second-order valence-corrected chi connectivity index (χ2v) is 5.48. The molecule has 0 saturated carbocycles. The molecule has 0 aromatic heterocycles. The van der Waals surface area contributed by atoms with Crippen molar-refractivity contribution in [2.45, 2.75) is 12.8 Å². The first-order valence-electron chi connectivity index (χ1n) is 8.33. The zero-order chi connectivity index (χ0) is 19.5. The van der Waals surface area contributed by atoms with Crippen LogP contribution in [0.15, 0.2) is 60.4 Å². The Labute approximate surface area is 155 Å². The maximum Gasteiger partial charge on any atom is 0.383 e. The largest absolute Gasteiger partial charge is 0.494 e. The lowest BCUT2D eigenvalue weighted by molar-refractivity contribution is -0.175. The Morgan fingerprint density at radius 1 is 0.889 bits per heavy atom. The number of rotatable bonds is 10. The van der Waals surface area contributed by atoms with Crippen LogP contribution in [-0.2, 0) is 9.74 Å². The van der Waals surface area contributed by atoms with Crippen LogP contribution in [0.2, 0.25) is 0 Å². The molecule has 0 saturated heterocycles. The van der Waals surface area contributed by atoms with Crippen LogP contribution < -0.4 is 9.47 Å². The number of carbonyl (C=O) groups is 1. The van der Waals surface area contributed by atoms with Gasteiger partial charge in [0.2, 0.25) is 0 Å². The van der Waals surface area contributed by atoms with Crippen molar-refractivity contribution in [3.05, 3.63) is 65.9 Å².